The van der Waals surface area contributed by atoms with Gasteiger partial charge in [-0.25, -0.2) is 23.3 Å². The molecule has 2 atom stereocenters. The van der Waals surface area contributed by atoms with Gasteiger partial charge >= 0.3 is 6.18 Å². The monoisotopic (exact) mass is 568 g/mol. The Labute approximate surface area is 226 Å². The number of aliphatic hydroxyl groups excluding tert-OH is 1. The number of carbonyl (C=O) groups excluding carboxylic acids is 2. The van der Waals surface area contributed by atoms with Crippen LogP contribution in [0.2, 0.25) is 0 Å². The zero-order valence-electron chi connectivity index (χ0n) is 21.6. The van der Waals surface area contributed by atoms with Gasteiger partial charge in [-0.05, 0) is 43.4 Å². The van der Waals surface area contributed by atoms with Crippen LogP contribution in [0.5, 0.6) is 0 Å². The number of aromatic nitrogens is 4. The number of aliphatic hydroxyl groups is 1. The number of aryl methyl sites for hydroxylation is 1. The molecule has 2 amide bonds. The number of halogens is 5. The molecule has 0 saturated heterocycles. The minimum absolute atomic E-state index is 0.0727. The van der Waals surface area contributed by atoms with Gasteiger partial charge in [0.05, 0.1) is 30.6 Å². The van der Waals surface area contributed by atoms with Crippen molar-refractivity contribution in [3.8, 4) is 0 Å². The molecule has 0 radical (unpaired) electrons. The number of nitrogens with one attached hydrogen (secondary N) is 2. The third-order valence-electron chi connectivity index (χ3n) is 6.85. The molecular formula is C26H29F5N6O3. The van der Waals surface area contributed by atoms with Crippen LogP contribution in [0.15, 0.2) is 36.7 Å². The van der Waals surface area contributed by atoms with Gasteiger partial charge in [0, 0.05) is 30.5 Å². The Bertz CT molecular complexity index is 1350. The molecule has 4 rings (SSSR count). The summed E-state index contributed by atoms with van der Waals surface area (Å²) < 4.78 is 66.3. The van der Waals surface area contributed by atoms with E-state index in [-0.39, 0.29) is 48.5 Å². The van der Waals surface area contributed by atoms with E-state index in [2.05, 4.69) is 25.7 Å². The van der Waals surface area contributed by atoms with Crippen molar-refractivity contribution in [2.75, 3.05) is 0 Å². The van der Waals surface area contributed by atoms with Crippen molar-refractivity contribution in [1.82, 2.24) is 30.2 Å². The molecule has 3 aromatic heterocycles. The second-order valence-corrected chi connectivity index (χ2v) is 9.85. The van der Waals surface area contributed by atoms with Crippen molar-refractivity contribution < 1.29 is 36.6 Å². The van der Waals surface area contributed by atoms with Crippen LogP contribution in [0.3, 0.4) is 0 Å². The predicted octanol–water partition coefficient (Wildman–Crippen LogP) is 4.43. The Morgan fingerprint density at radius 2 is 1.90 bits per heavy atom. The van der Waals surface area contributed by atoms with Crippen LogP contribution in [0, 0.1) is 5.92 Å². The van der Waals surface area contributed by atoms with Crippen LogP contribution in [0.25, 0.3) is 5.65 Å². The largest absolute Gasteiger partial charge is 0.389 e. The minimum Gasteiger partial charge on any atom is -0.369 e. The summed E-state index contributed by atoms with van der Waals surface area (Å²) in [4.78, 5) is 33.8. The zero-order valence-corrected chi connectivity index (χ0v) is 21.6. The topological polar surface area (TPSA) is 122 Å². The Balaban J connectivity index is 1.56. The Morgan fingerprint density at radius 1 is 1.18 bits per heavy atom. The van der Waals surface area contributed by atoms with Crippen molar-refractivity contribution in [3.05, 3.63) is 59.3 Å². The van der Waals surface area contributed by atoms with Crippen molar-refractivity contribution in [2.45, 2.75) is 76.2 Å². The molecule has 3 aromatic rings. The molecule has 1 aliphatic carbocycles. The van der Waals surface area contributed by atoms with Gasteiger partial charge in [0.2, 0.25) is 11.8 Å². The first-order valence-electron chi connectivity index (χ1n) is 12.9. The van der Waals surface area contributed by atoms with Crippen molar-refractivity contribution in [2.24, 2.45) is 5.92 Å². The maximum atomic E-state index is 13.9. The van der Waals surface area contributed by atoms with E-state index in [4.69, 9.17) is 0 Å². The summed E-state index contributed by atoms with van der Waals surface area (Å²) >= 11 is 0. The van der Waals surface area contributed by atoms with Crippen LogP contribution in [-0.2, 0) is 11.2 Å². The number of amides is 2. The number of fused-ring (bicyclic) bond motifs is 1. The first kappa shape index (κ1) is 29.3. The molecule has 14 heteroatoms. The third kappa shape index (κ3) is 7.49. The van der Waals surface area contributed by atoms with Gasteiger partial charge in [-0.2, -0.15) is 18.3 Å². The van der Waals surface area contributed by atoms with E-state index in [0.29, 0.717) is 12.1 Å². The molecule has 0 bridgehead atoms. The second-order valence-electron chi connectivity index (χ2n) is 9.85. The molecule has 0 aromatic carbocycles. The number of rotatable bonds is 9. The number of hydrogen-bond acceptors (Lipinski definition) is 6. The molecule has 1 fully saturated rings. The van der Waals surface area contributed by atoms with Crippen LogP contribution < -0.4 is 10.6 Å². The van der Waals surface area contributed by atoms with E-state index in [9.17, 15) is 36.6 Å². The molecule has 9 nitrogen and oxygen atoms in total. The Hall–Kier alpha value is -3.68. The molecular weight excluding hydrogens is 539 g/mol. The maximum Gasteiger partial charge on any atom is 0.389 e. The zero-order chi connectivity index (χ0) is 29.1. The summed E-state index contributed by atoms with van der Waals surface area (Å²) in [6, 6.07) is 5.69. The maximum absolute atomic E-state index is 13.9. The van der Waals surface area contributed by atoms with Gasteiger partial charge < -0.3 is 15.7 Å². The van der Waals surface area contributed by atoms with Gasteiger partial charge in [-0.15, -0.1) is 0 Å². The fourth-order valence-electron chi connectivity index (χ4n) is 4.62. The molecule has 0 aliphatic heterocycles. The van der Waals surface area contributed by atoms with Crippen LogP contribution in [-0.4, -0.2) is 48.6 Å². The first-order valence-corrected chi connectivity index (χ1v) is 12.9. The number of pyridine rings is 1. The third-order valence-corrected chi connectivity index (χ3v) is 6.85. The molecule has 216 valence electrons. The van der Waals surface area contributed by atoms with E-state index in [0.717, 1.165) is 5.69 Å². The summed E-state index contributed by atoms with van der Waals surface area (Å²) in [6.45, 7) is 1.90. The van der Waals surface area contributed by atoms with Crippen molar-refractivity contribution in [3.63, 3.8) is 0 Å². The summed E-state index contributed by atoms with van der Waals surface area (Å²) in [5.74, 6) is -4.61. The fourth-order valence-corrected chi connectivity index (χ4v) is 4.62. The Kier molecular flexibility index (Phi) is 8.66. The van der Waals surface area contributed by atoms with Gasteiger partial charge in [-0.1, -0.05) is 13.0 Å². The molecule has 1 saturated carbocycles. The van der Waals surface area contributed by atoms with Gasteiger partial charge in [0.25, 0.3) is 5.91 Å². The lowest BCUT2D eigenvalue weighted by Crippen LogP contribution is -2.37. The highest BCUT2D eigenvalue weighted by atomic mass is 19.4. The number of alkyl halides is 5. The van der Waals surface area contributed by atoms with Crippen LogP contribution in [0.1, 0.15) is 85.2 Å². The summed E-state index contributed by atoms with van der Waals surface area (Å²) in [5, 5.41) is 19.4. The number of imidazole rings is 1. The minimum atomic E-state index is -4.51. The summed E-state index contributed by atoms with van der Waals surface area (Å²) in [7, 11) is 0. The molecule has 1 aliphatic rings. The molecule has 0 spiro atoms. The van der Waals surface area contributed by atoms with Gasteiger partial charge in [0.15, 0.2) is 11.9 Å². The highest BCUT2D eigenvalue weighted by molar-refractivity contribution is 5.92. The normalized spacial score (nSPS) is 17.4. The fraction of sp³-hybridized carbons (Fsp3) is 0.500. The highest BCUT2D eigenvalue weighted by Crippen LogP contribution is 2.41. The average molecular weight is 569 g/mol. The van der Waals surface area contributed by atoms with Gasteiger partial charge in [0.1, 0.15) is 5.69 Å². The van der Waals surface area contributed by atoms with Crippen LogP contribution >= 0.6 is 0 Å². The molecule has 0 unspecified atom stereocenters. The number of carbonyl (C=O) groups is 2. The van der Waals surface area contributed by atoms with E-state index in [1.807, 2.05) is 6.92 Å². The van der Waals surface area contributed by atoms with Gasteiger partial charge in [-0.3, -0.25) is 9.59 Å². The smallest absolute Gasteiger partial charge is 0.369 e. The van der Waals surface area contributed by atoms with E-state index >= 15 is 0 Å². The summed E-state index contributed by atoms with van der Waals surface area (Å²) in [5.41, 5.74) is 1.53. The van der Waals surface area contributed by atoms with Crippen LogP contribution in [0.4, 0.5) is 22.0 Å². The highest BCUT2D eigenvalue weighted by Gasteiger charge is 2.39. The SMILES string of the molecule is CCc1cccc(C(=O)N[C@H](c2cn3ncc([C@@H](O)NC(=O)CCC(F)(F)F)cc3n2)C2CCC(F)(F)CC2)n1. The number of nitrogens with zero attached hydrogens (tertiary/aromatic N) is 4. The molecule has 40 heavy (non-hydrogen) atoms. The lowest BCUT2D eigenvalue weighted by atomic mass is 9.81. The predicted molar refractivity (Wildman–Crippen MR) is 132 cm³/mol. The van der Waals surface area contributed by atoms with E-state index < -0.39 is 49.0 Å². The lowest BCUT2D eigenvalue weighted by molar-refractivity contribution is -0.145. The molecule has 3 heterocycles. The standard InChI is InChI=1S/C26H29F5N6O3/c1-2-17-4-3-5-18(33-17)24(40)36-22(15-6-9-25(27,28)10-7-15)19-14-37-20(34-19)12-16(13-32-37)23(39)35-21(38)8-11-26(29,30)31/h3-5,12-15,22-23,39H,2,6-11H2,1H3,(H,35,38)(H,36,40)/t22-,23+/m0/s1. The average Bonchev–Trinajstić information content (AvgIpc) is 3.33. The molecule has 3 N–H and O–H groups in total. The van der Waals surface area contributed by atoms with E-state index in [1.54, 1.807) is 18.2 Å². The Morgan fingerprint density at radius 3 is 2.58 bits per heavy atom. The quantitative estimate of drug-likeness (QED) is 0.259. The lowest BCUT2D eigenvalue weighted by Gasteiger charge is -2.33. The van der Waals surface area contributed by atoms with Crippen molar-refractivity contribution in [1.29, 1.82) is 0 Å². The first-order chi connectivity index (χ1) is 18.8. The van der Waals surface area contributed by atoms with E-state index in [1.165, 1.54) is 23.0 Å². The summed E-state index contributed by atoms with van der Waals surface area (Å²) in [6.07, 6.45) is -5.32. The second kappa shape index (κ2) is 11.8. The number of hydrogen-bond donors (Lipinski definition) is 3. The van der Waals surface area contributed by atoms with Crippen molar-refractivity contribution >= 4 is 17.5 Å².